The molecule has 0 aliphatic heterocycles. The summed E-state index contributed by atoms with van der Waals surface area (Å²) in [5.41, 5.74) is 4.13. The number of hydrogen-bond donors (Lipinski definition) is 2. The van der Waals surface area contributed by atoms with Crippen LogP contribution in [0.2, 0.25) is 0 Å². The van der Waals surface area contributed by atoms with Crippen LogP contribution in [0.4, 0.5) is 0 Å². The third-order valence-corrected chi connectivity index (χ3v) is 3.54. The summed E-state index contributed by atoms with van der Waals surface area (Å²) < 4.78 is 67.9. The summed E-state index contributed by atoms with van der Waals surface area (Å²) in [4.78, 5) is 13.3. The molecule has 0 radical (unpaired) electrons. The van der Waals surface area contributed by atoms with E-state index in [0.29, 0.717) is 0 Å². The molecule has 0 aliphatic rings. The molecule has 0 bridgehead atoms. The van der Waals surface area contributed by atoms with Gasteiger partial charge in [0.25, 0.3) is 0 Å². The maximum Gasteiger partial charge on any atom is 2.00 e. The largest absolute Gasteiger partial charge is 2.00 e. The third kappa shape index (κ3) is 22.8. The van der Waals surface area contributed by atoms with Crippen molar-refractivity contribution in [2.45, 2.75) is 26.2 Å². The van der Waals surface area contributed by atoms with Crippen molar-refractivity contribution >= 4 is 0 Å². The van der Waals surface area contributed by atoms with Crippen LogP contribution in [0, 0.1) is 20.5 Å². The molecule has 35 heavy (non-hydrogen) atoms. The average molecular weight is 719 g/mol. The zero-order valence-corrected chi connectivity index (χ0v) is 25.3. The predicted octanol–water partition coefficient (Wildman–Crippen LogP) is -7.06. The topological polar surface area (TPSA) is 247 Å². The van der Waals surface area contributed by atoms with Gasteiger partial charge in [0.2, 0.25) is 0 Å². The zero-order valence-electron chi connectivity index (χ0n) is 18.2. The Balaban J connectivity index is 0.000000894. The van der Waals surface area contributed by atoms with Crippen molar-refractivity contribution in [3.63, 3.8) is 0 Å². The monoisotopic (exact) mass is 719 g/mol. The first-order valence-corrected chi connectivity index (χ1v) is 11.8. The molecule has 2 N–H and O–H groups in total. The van der Waals surface area contributed by atoms with Crippen LogP contribution < -0.4 is 47.9 Å². The quantitative estimate of drug-likeness (QED) is 0.206. The fourth-order valence-electron chi connectivity index (χ4n) is 2.37. The Morgan fingerprint density at radius 2 is 0.829 bits per heavy atom. The van der Waals surface area contributed by atoms with Crippen LogP contribution in [0.3, 0.4) is 0 Å². The van der Waals surface area contributed by atoms with Crippen LogP contribution in [0.1, 0.15) is 22.8 Å². The van der Waals surface area contributed by atoms with Crippen LogP contribution in [-0.2, 0) is 53.8 Å². The zero-order chi connectivity index (χ0) is 25.5. The summed E-state index contributed by atoms with van der Waals surface area (Å²) in [6, 6.07) is 18.0. The van der Waals surface area contributed by atoms with E-state index in [-0.39, 0.29) is 27.7 Å². The molecule has 0 atom stereocenters. The number of nitrogens with one attached hydrogen (secondary N) is 2. The van der Waals surface area contributed by atoms with Gasteiger partial charge >= 0.3 is 27.7 Å². The number of rotatable bonds is 8. The maximum absolute atomic E-state index is 8.49. The Morgan fingerprint density at radius 1 is 0.514 bits per heavy atom. The number of halogens is 2. The van der Waals surface area contributed by atoms with E-state index in [1.165, 1.54) is 0 Å². The van der Waals surface area contributed by atoms with Gasteiger partial charge in [-0.1, -0.05) is 18.2 Å². The molecule has 0 saturated carbocycles. The van der Waals surface area contributed by atoms with Crippen LogP contribution in [-0.4, -0.2) is 15.0 Å². The summed E-state index contributed by atoms with van der Waals surface area (Å²) in [7, 11) is -9.89. The van der Waals surface area contributed by atoms with E-state index in [2.05, 4.69) is 25.6 Å². The van der Waals surface area contributed by atoms with Crippen molar-refractivity contribution in [2.24, 2.45) is 0 Å². The van der Waals surface area contributed by atoms with Gasteiger partial charge in [0, 0.05) is 38.6 Å². The molecule has 3 rings (SSSR count). The van der Waals surface area contributed by atoms with Crippen molar-refractivity contribution in [3.05, 3.63) is 89.8 Å². The van der Waals surface area contributed by atoms with E-state index in [1.807, 2.05) is 67.0 Å². The van der Waals surface area contributed by atoms with Crippen LogP contribution in [0.15, 0.2) is 67.0 Å². The van der Waals surface area contributed by atoms with E-state index < -0.39 is 20.5 Å². The van der Waals surface area contributed by atoms with Crippen molar-refractivity contribution in [1.82, 2.24) is 25.6 Å². The van der Waals surface area contributed by atoms with E-state index in [9.17, 15) is 0 Å². The Hall–Kier alpha value is -1.43. The van der Waals surface area contributed by atoms with Crippen LogP contribution in [0.25, 0.3) is 0 Å². The van der Waals surface area contributed by atoms with Gasteiger partial charge in [0.05, 0.1) is 22.8 Å². The molecule has 0 amide bonds. The van der Waals surface area contributed by atoms with Gasteiger partial charge in [0.15, 0.2) is 0 Å². The summed E-state index contributed by atoms with van der Waals surface area (Å²) in [6.07, 6.45) is 3.62. The number of pyridine rings is 3. The number of aromatic nitrogens is 3. The Bertz CT molecular complexity index is 853. The summed E-state index contributed by atoms with van der Waals surface area (Å²) >= 11 is 0. The Kier molecular flexibility index (Phi) is 17.2. The van der Waals surface area contributed by atoms with Gasteiger partial charge in [0.1, 0.15) is 0 Å². The van der Waals surface area contributed by atoms with Crippen molar-refractivity contribution in [1.29, 1.82) is 0 Å². The third-order valence-electron chi connectivity index (χ3n) is 3.54. The van der Waals surface area contributed by atoms with E-state index in [0.717, 1.165) is 49.0 Å². The van der Waals surface area contributed by atoms with E-state index >= 15 is 0 Å². The minimum atomic E-state index is -4.94. The van der Waals surface area contributed by atoms with Crippen molar-refractivity contribution in [2.75, 3.05) is 0 Å². The number of nitrogens with zero attached hydrogens (tertiary/aromatic N) is 3. The van der Waals surface area contributed by atoms with Crippen molar-refractivity contribution < 1.29 is 85.4 Å². The van der Waals surface area contributed by atoms with Crippen molar-refractivity contribution in [3.8, 4) is 0 Å². The minimum absolute atomic E-state index is 0. The second-order valence-electron chi connectivity index (χ2n) is 6.23. The van der Waals surface area contributed by atoms with Gasteiger partial charge in [-0.2, -0.15) is 0 Å². The van der Waals surface area contributed by atoms with Gasteiger partial charge in [-0.15, -0.1) is 20.5 Å². The molecular formula is C19H21Cl2HgN5O8. The summed E-state index contributed by atoms with van der Waals surface area (Å²) in [5, 5.41) is 6.74. The Morgan fingerprint density at radius 3 is 1.14 bits per heavy atom. The van der Waals surface area contributed by atoms with Gasteiger partial charge < -0.3 is 10.6 Å². The van der Waals surface area contributed by atoms with E-state index in [1.54, 1.807) is 0 Å². The Labute approximate surface area is 226 Å². The normalized spacial score (nSPS) is 10.7. The van der Waals surface area contributed by atoms with Gasteiger partial charge in [-0.25, -0.2) is 37.3 Å². The SMILES string of the molecule is [Hg+2].[O-][Cl+3]([O-])([O-])[O-].[O-][Cl+3]([O-])([O-])[O-].c1ccc(CNCc2cccc(CNCc3ccccn3)n2)nc1. The maximum atomic E-state index is 8.49. The second-order valence-corrected chi connectivity index (χ2v) is 7.74. The fraction of sp³-hybridized carbons (Fsp3) is 0.211. The smallest absolute Gasteiger partial charge is 0.306 e. The standard InChI is InChI=1S/C19H21N5.2ClHO4.Hg/c1-3-10-22-16(6-1)12-20-14-18-8-5-9-19(24-18)15-21-13-17-7-2-4-11-23-17;2*2-1(3,4)5;/h1-11,20-21H,12-15H2;2*(H,2,3,4,5);/q;;;+2/p-2. The fourth-order valence-corrected chi connectivity index (χ4v) is 2.37. The van der Waals surface area contributed by atoms with E-state index in [4.69, 9.17) is 37.3 Å². The van der Waals surface area contributed by atoms with Gasteiger partial charge in [-0.05, 0) is 36.4 Å². The molecule has 0 spiro atoms. The predicted molar refractivity (Wildman–Crippen MR) is 93.8 cm³/mol. The molecular weight excluding hydrogens is 698 g/mol. The molecule has 0 saturated heterocycles. The van der Waals surface area contributed by atoms with Crippen LogP contribution >= 0.6 is 0 Å². The number of hydrogen-bond acceptors (Lipinski definition) is 13. The summed E-state index contributed by atoms with van der Waals surface area (Å²) in [6.45, 7) is 2.94. The molecule has 0 aliphatic carbocycles. The molecule has 0 unspecified atom stereocenters. The first kappa shape index (κ1) is 33.6. The molecule has 186 valence electrons. The molecule has 13 nitrogen and oxygen atoms in total. The second kappa shape index (κ2) is 17.9. The molecule has 0 aromatic carbocycles. The molecule has 3 aromatic heterocycles. The molecule has 3 aromatic rings. The minimum Gasteiger partial charge on any atom is -0.306 e. The molecule has 3 heterocycles. The average Bonchev–Trinajstić information content (AvgIpc) is 2.73. The first-order valence-electron chi connectivity index (χ1n) is 9.30. The van der Waals surface area contributed by atoms with Gasteiger partial charge in [-0.3, -0.25) is 15.0 Å². The first-order chi connectivity index (χ1) is 15.9. The van der Waals surface area contributed by atoms with Crippen LogP contribution in [0.5, 0.6) is 0 Å². The summed E-state index contributed by atoms with van der Waals surface area (Å²) in [5.74, 6) is 0. The molecule has 0 fully saturated rings. The molecule has 16 heteroatoms.